The molecule has 4 aliphatic carbocycles. The number of benzene rings is 1. The highest BCUT2D eigenvalue weighted by atomic mass is 33.1. The number of dihydropyridines is 1. The SMILES string of the molecule is CCC1Cc2cc(O)c(OC3CC(Cc4ccc[nH]4)C4=CCNC(N)=C4CSSCC(CO)C3O)cc2C2CC(O)C3C(C#CC4(CCO)CCCC(CC4)C3O)C=C12. The highest BCUT2D eigenvalue weighted by molar-refractivity contribution is 8.76. The Morgan fingerprint density at radius 3 is 2.69 bits per heavy atom. The van der Waals surface area contributed by atoms with Gasteiger partial charge in [-0.05, 0) is 123 Å². The number of aromatic nitrogens is 1. The van der Waals surface area contributed by atoms with Gasteiger partial charge in [0.1, 0.15) is 11.9 Å². The zero-order chi connectivity index (χ0) is 41.3. The van der Waals surface area contributed by atoms with Crippen molar-refractivity contribution in [3.05, 3.63) is 82.0 Å². The predicted molar refractivity (Wildman–Crippen MR) is 234 cm³/mol. The molecule has 12 heteroatoms. The number of fused-ring (bicyclic) bond motifs is 8. The minimum absolute atomic E-state index is 0.000308. The number of phenols is 1. The van der Waals surface area contributed by atoms with Crippen LogP contribution in [0.1, 0.15) is 87.4 Å². The first-order chi connectivity index (χ1) is 28.6. The minimum Gasteiger partial charge on any atom is -0.504 e. The fourth-order valence-corrected chi connectivity index (χ4v) is 13.8. The van der Waals surface area contributed by atoms with Crippen molar-refractivity contribution >= 4 is 21.6 Å². The molecule has 1 aromatic heterocycles. The molecule has 12 atom stereocenters. The number of ether oxygens (including phenoxy) is 1. The predicted octanol–water partition coefficient (Wildman–Crippen LogP) is 5.70. The van der Waals surface area contributed by atoms with Crippen LogP contribution in [0.25, 0.3) is 0 Å². The lowest BCUT2D eigenvalue weighted by Gasteiger charge is -2.37. The highest BCUT2D eigenvalue weighted by Crippen LogP contribution is 2.52. The number of phenolic OH excluding ortho intramolecular Hbond substituents is 1. The molecule has 1 saturated carbocycles. The van der Waals surface area contributed by atoms with Crippen molar-refractivity contribution in [1.29, 1.82) is 0 Å². The van der Waals surface area contributed by atoms with E-state index in [4.69, 9.17) is 10.5 Å². The lowest BCUT2D eigenvalue weighted by atomic mass is 9.70. The first-order valence-electron chi connectivity index (χ1n) is 21.9. The van der Waals surface area contributed by atoms with Gasteiger partial charge in [-0.3, -0.25) is 0 Å². The maximum Gasteiger partial charge on any atom is 0.161 e. The molecule has 2 aliphatic heterocycles. The molecule has 320 valence electrons. The maximum absolute atomic E-state index is 12.2. The number of nitrogens with two attached hydrogens (primary N) is 1. The van der Waals surface area contributed by atoms with Crippen LogP contribution in [0.15, 0.2) is 65.2 Å². The monoisotopic (exact) mass is 845 g/mol. The second-order valence-electron chi connectivity index (χ2n) is 18.1. The molecule has 6 aliphatic rings. The summed E-state index contributed by atoms with van der Waals surface area (Å²) >= 11 is 0. The van der Waals surface area contributed by atoms with Gasteiger partial charge in [-0.2, -0.15) is 0 Å². The average molecular weight is 846 g/mol. The Balaban J connectivity index is 1.17. The number of hydrogen-bond donors (Lipinski definition) is 9. The van der Waals surface area contributed by atoms with Gasteiger partial charge >= 0.3 is 0 Å². The van der Waals surface area contributed by atoms with Crippen LogP contribution in [-0.4, -0.2) is 91.3 Å². The first kappa shape index (κ1) is 42.7. The van der Waals surface area contributed by atoms with Crippen LogP contribution in [0, 0.1) is 52.8 Å². The van der Waals surface area contributed by atoms with Crippen molar-refractivity contribution in [3.8, 4) is 23.3 Å². The average Bonchev–Trinajstić information content (AvgIpc) is 3.59. The molecule has 2 bridgehead atoms. The van der Waals surface area contributed by atoms with Crippen molar-refractivity contribution in [2.45, 2.75) is 108 Å². The highest BCUT2D eigenvalue weighted by Gasteiger charge is 2.46. The Labute approximate surface area is 357 Å². The number of hydrogen-bond acceptors (Lipinski definition) is 11. The van der Waals surface area contributed by atoms with Gasteiger partial charge in [-0.25, -0.2) is 0 Å². The molecule has 59 heavy (non-hydrogen) atoms. The standard InChI is InChI=1S/C47H63N3O7S2/c1-2-27-17-30-20-39(53)41(23-36(30)37-22-40(54)43-29(19-35(27)37)8-12-47(13-16-51)10-3-5-28(7-11-47)45(43)56)57-42-21-31(18-33-6-4-14-49-33)34-9-15-50-46(48)38(34)26-59-58-25-32(24-52)44(42)55/h4,6,9,14,19-20,23,27-29,31-32,37,40,42-45,49-56H,2-3,5,7,10-11,13,15-18,21-22,24-26,48H2,1H3. The van der Waals surface area contributed by atoms with Crippen molar-refractivity contribution in [2.75, 3.05) is 31.3 Å². The molecule has 8 rings (SSSR count). The van der Waals surface area contributed by atoms with Gasteiger partial charge in [0.2, 0.25) is 0 Å². The number of aromatic hydroxyl groups is 1. The molecule has 2 aromatic rings. The van der Waals surface area contributed by atoms with E-state index in [0.717, 1.165) is 66.5 Å². The number of allylic oxidation sites excluding steroid dienone is 3. The Hall–Kier alpha value is -3.02. The second kappa shape index (κ2) is 18.5. The zero-order valence-electron chi connectivity index (χ0n) is 34.2. The van der Waals surface area contributed by atoms with Gasteiger partial charge < -0.3 is 51.4 Å². The van der Waals surface area contributed by atoms with Gasteiger partial charge in [-0.15, -0.1) is 0 Å². The number of aromatic amines is 1. The lowest BCUT2D eigenvalue weighted by molar-refractivity contribution is -0.0346. The minimum atomic E-state index is -1.03. The van der Waals surface area contributed by atoms with Crippen LogP contribution < -0.4 is 15.8 Å². The number of nitrogens with one attached hydrogen (secondary N) is 2. The summed E-state index contributed by atoms with van der Waals surface area (Å²) in [6.07, 6.45) is 11.2. The molecular formula is C47H63N3O7S2. The number of aliphatic hydroxyl groups excluding tert-OH is 5. The molecule has 1 saturated heterocycles. The van der Waals surface area contributed by atoms with Crippen LogP contribution in [0.5, 0.6) is 11.5 Å². The summed E-state index contributed by atoms with van der Waals surface area (Å²) in [7, 11) is 3.26. The molecule has 2 fully saturated rings. The Morgan fingerprint density at radius 2 is 1.92 bits per heavy atom. The lowest BCUT2D eigenvalue weighted by Crippen LogP contribution is -2.42. The summed E-state index contributed by atoms with van der Waals surface area (Å²) < 4.78 is 6.86. The van der Waals surface area contributed by atoms with Crippen LogP contribution in [-0.2, 0) is 12.8 Å². The molecule has 0 radical (unpaired) electrons. The van der Waals surface area contributed by atoms with Crippen LogP contribution in [0.3, 0.4) is 0 Å². The summed E-state index contributed by atoms with van der Waals surface area (Å²) in [6.45, 7) is 2.65. The molecular weight excluding hydrogens is 783 g/mol. The molecule has 10 nitrogen and oxygen atoms in total. The number of H-pyrrole nitrogens is 1. The van der Waals surface area contributed by atoms with E-state index in [0.29, 0.717) is 56.0 Å². The first-order valence-corrected chi connectivity index (χ1v) is 24.4. The van der Waals surface area contributed by atoms with Gasteiger partial charge in [0.25, 0.3) is 0 Å². The summed E-state index contributed by atoms with van der Waals surface area (Å²) in [5.41, 5.74) is 12.7. The van der Waals surface area contributed by atoms with Crippen molar-refractivity contribution in [2.24, 2.45) is 46.7 Å². The van der Waals surface area contributed by atoms with Gasteiger partial charge in [-0.1, -0.05) is 64.5 Å². The third-order valence-electron chi connectivity index (χ3n) is 14.7. The molecule has 3 heterocycles. The summed E-state index contributed by atoms with van der Waals surface area (Å²) in [5, 5.41) is 72.2. The van der Waals surface area contributed by atoms with E-state index in [1.54, 1.807) is 21.6 Å². The van der Waals surface area contributed by atoms with Gasteiger partial charge in [0.05, 0.1) is 18.3 Å². The zero-order valence-corrected chi connectivity index (χ0v) is 35.8. The topological polar surface area (TPSA) is 184 Å². The normalized spacial score (nSPS) is 36.1. The fourth-order valence-electron chi connectivity index (χ4n) is 11.3. The van der Waals surface area contributed by atoms with Crippen LogP contribution >= 0.6 is 21.6 Å². The number of rotatable bonds is 8. The van der Waals surface area contributed by atoms with E-state index in [-0.39, 0.29) is 59.7 Å². The molecule has 12 unspecified atom stereocenters. The van der Waals surface area contributed by atoms with Crippen molar-refractivity contribution in [3.63, 3.8) is 0 Å². The fraction of sp³-hybridized carbons (Fsp3) is 0.617. The van der Waals surface area contributed by atoms with E-state index in [2.05, 4.69) is 47.3 Å². The van der Waals surface area contributed by atoms with Crippen LogP contribution in [0.4, 0.5) is 0 Å². The molecule has 0 amide bonds. The maximum atomic E-state index is 12.2. The van der Waals surface area contributed by atoms with E-state index in [1.807, 2.05) is 24.4 Å². The van der Waals surface area contributed by atoms with E-state index in [1.165, 1.54) is 5.57 Å². The van der Waals surface area contributed by atoms with Crippen LogP contribution in [0.2, 0.25) is 0 Å². The quantitative estimate of drug-likeness (QED) is 0.0903. The summed E-state index contributed by atoms with van der Waals surface area (Å²) in [5.74, 6) is 8.10. The van der Waals surface area contributed by atoms with Crippen molar-refractivity contribution in [1.82, 2.24) is 10.3 Å². The Kier molecular flexibility index (Phi) is 13.4. The third-order valence-corrected chi connectivity index (χ3v) is 17.1. The number of aliphatic hydroxyl groups is 5. The molecule has 10 N–H and O–H groups in total. The van der Waals surface area contributed by atoms with E-state index >= 15 is 0 Å². The molecule has 1 aromatic carbocycles. The summed E-state index contributed by atoms with van der Waals surface area (Å²) in [6, 6.07) is 7.77. The van der Waals surface area contributed by atoms with Gasteiger partial charge in [0.15, 0.2) is 11.5 Å². The van der Waals surface area contributed by atoms with E-state index < -0.39 is 36.3 Å². The van der Waals surface area contributed by atoms with Gasteiger partial charge in [0, 0.05) is 77.8 Å². The third kappa shape index (κ3) is 8.86. The van der Waals surface area contributed by atoms with E-state index in [9.17, 15) is 30.6 Å². The summed E-state index contributed by atoms with van der Waals surface area (Å²) in [4.78, 5) is 3.36. The largest absolute Gasteiger partial charge is 0.504 e. The molecule has 0 spiro atoms. The smallest absolute Gasteiger partial charge is 0.161 e. The van der Waals surface area contributed by atoms with Crippen molar-refractivity contribution < 1.29 is 35.4 Å². The Morgan fingerprint density at radius 1 is 1.05 bits per heavy atom. The second-order valence-corrected chi connectivity index (χ2v) is 20.6. The Bertz CT molecular complexity index is 1960.